The zero-order chi connectivity index (χ0) is 18.8. The Bertz CT molecular complexity index is 793. The van der Waals surface area contributed by atoms with Crippen LogP contribution >= 0.6 is 0 Å². The molecule has 1 aromatic heterocycles. The van der Waals surface area contributed by atoms with Crippen LogP contribution in [0.5, 0.6) is 0 Å². The second-order valence-corrected chi connectivity index (χ2v) is 7.77. The number of aromatic nitrogens is 2. The number of aryl methyl sites for hydroxylation is 3. The smallest absolute Gasteiger partial charge is 0.272 e. The lowest BCUT2D eigenvalue weighted by molar-refractivity contribution is 0.0703. The minimum absolute atomic E-state index is 0.0819. The lowest BCUT2D eigenvalue weighted by Gasteiger charge is -2.33. The predicted molar refractivity (Wildman–Crippen MR) is 106 cm³/mol. The van der Waals surface area contributed by atoms with Crippen LogP contribution in [-0.4, -0.2) is 39.7 Å². The Morgan fingerprint density at radius 2 is 2.00 bits per heavy atom. The molecule has 0 radical (unpaired) electrons. The highest BCUT2D eigenvalue weighted by molar-refractivity contribution is 5.92. The number of benzene rings is 1. The van der Waals surface area contributed by atoms with Crippen molar-refractivity contribution in [2.45, 2.75) is 52.5 Å². The molecule has 1 fully saturated rings. The Labute approximate surface area is 156 Å². The number of hydrogen-bond donors (Lipinski definition) is 1. The van der Waals surface area contributed by atoms with Gasteiger partial charge in [-0.3, -0.25) is 9.48 Å². The second-order valence-electron chi connectivity index (χ2n) is 7.77. The number of piperidine rings is 1. The average Bonchev–Trinajstić information content (AvgIpc) is 3.00. The van der Waals surface area contributed by atoms with Gasteiger partial charge in [0.05, 0.1) is 5.69 Å². The highest BCUT2D eigenvalue weighted by atomic mass is 16.2. The van der Waals surface area contributed by atoms with Gasteiger partial charge in [-0.15, -0.1) is 0 Å². The Morgan fingerprint density at radius 1 is 1.23 bits per heavy atom. The number of carbonyl (C=O) groups excluding carboxylic acids is 1. The fourth-order valence-corrected chi connectivity index (χ4v) is 3.48. The molecule has 5 nitrogen and oxygen atoms in total. The largest absolute Gasteiger partial charge is 0.381 e. The molecule has 1 aromatic carbocycles. The summed E-state index contributed by atoms with van der Waals surface area (Å²) in [6.07, 6.45) is 2.10. The van der Waals surface area contributed by atoms with E-state index in [1.807, 2.05) is 18.0 Å². The monoisotopic (exact) mass is 354 g/mol. The Kier molecular flexibility index (Phi) is 5.35. The van der Waals surface area contributed by atoms with Gasteiger partial charge in [-0.2, -0.15) is 5.10 Å². The molecule has 1 atom stereocenters. The molecule has 2 heterocycles. The van der Waals surface area contributed by atoms with Gasteiger partial charge in [-0.25, -0.2) is 0 Å². The van der Waals surface area contributed by atoms with Crippen molar-refractivity contribution in [3.05, 3.63) is 46.8 Å². The number of amides is 1. The standard InChI is InChI=1S/C21H30N4O/c1-14(2)19-12-20(24(5)23-19)21(26)25-10-6-7-18(13-25)22-17-9-8-15(3)16(4)11-17/h8-9,11-12,14,18,22H,6-7,10,13H2,1-5H3/t18-/m1/s1. The van der Waals surface area contributed by atoms with E-state index in [0.29, 0.717) is 11.6 Å². The van der Waals surface area contributed by atoms with Crippen molar-refractivity contribution < 1.29 is 4.79 Å². The van der Waals surface area contributed by atoms with Gasteiger partial charge in [0.1, 0.15) is 5.69 Å². The molecule has 0 unspecified atom stereocenters. The highest BCUT2D eigenvalue weighted by Crippen LogP contribution is 2.21. The van der Waals surface area contributed by atoms with Crippen molar-refractivity contribution in [2.75, 3.05) is 18.4 Å². The van der Waals surface area contributed by atoms with Gasteiger partial charge in [0, 0.05) is 31.9 Å². The first-order valence-corrected chi connectivity index (χ1v) is 9.52. The van der Waals surface area contributed by atoms with E-state index >= 15 is 0 Å². The van der Waals surface area contributed by atoms with E-state index in [4.69, 9.17) is 0 Å². The summed E-state index contributed by atoms with van der Waals surface area (Å²) in [6.45, 7) is 9.99. The van der Waals surface area contributed by atoms with Gasteiger partial charge >= 0.3 is 0 Å². The molecule has 0 spiro atoms. The lowest BCUT2D eigenvalue weighted by atomic mass is 10.0. The van der Waals surface area contributed by atoms with Gasteiger partial charge in [-0.05, 0) is 61.9 Å². The topological polar surface area (TPSA) is 50.2 Å². The van der Waals surface area contributed by atoms with Crippen LogP contribution in [0.2, 0.25) is 0 Å². The quantitative estimate of drug-likeness (QED) is 0.906. The first-order chi connectivity index (χ1) is 12.3. The Morgan fingerprint density at radius 3 is 2.65 bits per heavy atom. The molecule has 5 heteroatoms. The molecule has 1 N–H and O–H groups in total. The normalized spacial score (nSPS) is 17.6. The SMILES string of the molecule is Cc1ccc(N[C@@H]2CCCN(C(=O)c3cc(C(C)C)nn3C)C2)cc1C. The maximum Gasteiger partial charge on any atom is 0.272 e. The first kappa shape index (κ1) is 18.5. The summed E-state index contributed by atoms with van der Waals surface area (Å²) in [6, 6.07) is 8.68. The van der Waals surface area contributed by atoms with Crippen LogP contribution < -0.4 is 5.32 Å². The maximum absolute atomic E-state index is 13.0. The minimum atomic E-state index is 0.0819. The molecular formula is C21H30N4O. The lowest BCUT2D eigenvalue weighted by Crippen LogP contribution is -2.45. The zero-order valence-corrected chi connectivity index (χ0v) is 16.5. The van der Waals surface area contributed by atoms with Crippen molar-refractivity contribution in [1.82, 2.24) is 14.7 Å². The number of carbonyl (C=O) groups is 1. The van der Waals surface area contributed by atoms with Crippen LogP contribution in [0.25, 0.3) is 0 Å². The molecule has 1 aliphatic rings. The molecular weight excluding hydrogens is 324 g/mol. The zero-order valence-electron chi connectivity index (χ0n) is 16.5. The number of nitrogens with one attached hydrogen (secondary N) is 1. The molecule has 1 aliphatic heterocycles. The third-order valence-electron chi connectivity index (χ3n) is 5.30. The molecule has 0 aliphatic carbocycles. The summed E-state index contributed by atoms with van der Waals surface area (Å²) in [4.78, 5) is 15.0. The Hall–Kier alpha value is -2.30. The number of anilines is 1. The molecule has 3 rings (SSSR count). The van der Waals surface area contributed by atoms with Gasteiger partial charge in [0.25, 0.3) is 5.91 Å². The van der Waals surface area contributed by atoms with E-state index in [0.717, 1.165) is 37.3 Å². The van der Waals surface area contributed by atoms with Crippen molar-refractivity contribution in [3.8, 4) is 0 Å². The summed E-state index contributed by atoms with van der Waals surface area (Å²) in [7, 11) is 1.86. The van der Waals surface area contributed by atoms with Gasteiger partial charge in [0.2, 0.25) is 0 Å². The van der Waals surface area contributed by atoms with E-state index in [-0.39, 0.29) is 11.9 Å². The van der Waals surface area contributed by atoms with Gasteiger partial charge in [0.15, 0.2) is 0 Å². The minimum Gasteiger partial charge on any atom is -0.381 e. The molecule has 1 amide bonds. The third kappa shape index (κ3) is 3.92. The first-order valence-electron chi connectivity index (χ1n) is 9.52. The van der Waals surface area contributed by atoms with E-state index in [2.05, 4.69) is 56.3 Å². The van der Waals surface area contributed by atoms with Crippen molar-refractivity contribution >= 4 is 11.6 Å². The van der Waals surface area contributed by atoms with E-state index in [1.165, 1.54) is 11.1 Å². The van der Waals surface area contributed by atoms with Crippen LogP contribution in [0.15, 0.2) is 24.3 Å². The van der Waals surface area contributed by atoms with Gasteiger partial charge in [-0.1, -0.05) is 19.9 Å². The summed E-state index contributed by atoms with van der Waals surface area (Å²) in [5, 5.41) is 8.09. The van der Waals surface area contributed by atoms with Crippen LogP contribution in [0.1, 0.15) is 59.9 Å². The molecule has 0 saturated carbocycles. The molecule has 0 bridgehead atoms. The molecule has 140 valence electrons. The van der Waals surface area contributed by atoms with Crippen molar-refractivity contribution in [1.29, 1.82) is 0 Å². The summed E-state index contributed by atoms with van der Waals surface area (Å²) in [5.41, 5.74) is 5.37. The van der Waals surface area contributed by atoms with Crippen LogP contribution in [-0.2, 0) is 7.05 Å². The van der Waals surface area contributed by atoms with E-state index in [9.17, 15) is 4.79 Å². The maximum atomic E-state index is 13.0. The Balaban J connectivity index is 1.69. The number of nitrogens with zero attached hydrogens (tertiary/aromatic N) is 3. The number of rotatable bonds is 4. The summed E-state index contributed by atoms with van der Waals surface area (Å²) >= 11 is 0. The van der Waals surface area contributed by atoms with Crippen LogP contribution in [0.4, 0.5) is 5.69 Å². The highest BCUT2D eigenvalue weighted by Gasteiger charge is 2.27. The number of likely N-dealkylation sites (tertiary alicyclic amines) is 1. The van der Waals surface area contributed by atoms with E-state index < -0.39 is 0 Å². The van der Waals surface area contributed by atoms with Gasteiger partial charge < -0.3 is 10.2 Å². The molecule has 2 aromatic rings. The summed E-state index contributed by atoms with van der Waals surface area (Å²) in [5.74, 6) is 0.404. The molecule has 1 saturated heterocycles. The van der Waals surface area contributed by atoms with Crippen LogP contribution in [0.3, 0.4) is 0 Å². The fraction of sp³-hybridized carbons (Fsp3) is 0.524. The van der Waals surface area contributed by atoms with E-state index in [1.54, 1.807) is 4.68 Å². The molecule has 26 heavy (non-hydrogen) atoms. The van der Waals surface area contributed by atoms with Crippen molar-refractivity contribution in [2.24, 2.45) is 7.05 Å². The second kappa shape index (κ2) is 7.52. The summed E-state index contributed by atoms with van der Waals surface area (Å²) < 4.78 is 1.72. The third-order valence-corrected chi connectivity index (χ3v) is 5.30. The predicted octanol–water partition coefficient (Wildman–Crippen LogP) is 3.88. The number of hydrogen-bond acceptors (Lipinski definition) is 3. The van der Waals surface area contributed by atoms with Crippen molar-refractivity contribution in [3.63, 3.8) is 0 Å². The average molecular weight is 354 g/mol. The fourth-order valence-electron chi connectivity index (χ4n) is 3.48. The van der Waals surface area contributed by atoms with Crippen LogP contribution in [0, 0.1) is 13.8 Å².